The number of rotatable bonds is 7. The second kappa shape index (κ2) is 9.07. The molecule has 1 aromatic rings. The quantitative estimate of drug-likeness (QED) is 0.344. The van der Waals surface area contributed by atoms with Gasteiger partial charge in [-0.25, -0.2) is 5.01 Å². The maximum absolute atomic E-state index is 11.4. The van der Waals surface area contributed by atoms with Gasteiger partial charge in [-0.15, -0.1) is 0 Å². The molecule has 160 valence electrons. The Balaban J connectivity index is 1.43. The molecule has 3 heterocycles. The summed E-state index contributed by atoms with van der Waals surface area (Å²) in [6, 6.07) is 8.55. The van der Waals surface area contributed by atoms with E-state index >= 15 is 0 Å². The first-order chi connectivity index (χ1) is 14.0. The van der Waals surface area contributed by atoms with Gasteiger partial charge in [0.25, 0.3) is 0 Å². The maximum atomic E-state index is 11.4. The minimum atomic E-state index is -0.149. The van der Waals surface area contributed by atoms with Crippen molar-refractivity contribution in [3.05, 3.63) is 35.4 Å². The van der Waals surface area contributed by atoms with Crippen LogP contribution in [0.25, 0.3) is 0 Å². The number of hydrogen-bond donors (Lipinski definition) is 3. The van der Waals surface area contributed by atoms with E-state index in [2.05, 4.69) is 39.8 Å². The normalized spacial score (nSPS) is 30.6. The van der Waals surface area contributed by atoms with Gasteiger partial charge < -0.3 is 14.8 Å². The van der Waals surface area contributed by atoms with Crippen molar-refractivity contribution in [3.63, 3.8) is 0 Å². The van der Waals surface area contributed by atoms with E-state index in [1.807, 2.05) is 7.05 Å². The van der Waals surface area contributed by atoms with Crippen molar-refractivity contribution >= 4 is 5.91 Å². The zero-order valence-corrected chi connectivity index (χ0v) is 17.3. The Kier molecular flexibility index (Phi) is 6.48. The van der Waals surface area contributed by atoms with Gasteiger partial charge in [-0.2, -0.15) is 0 Å². The average molecular weight is 404 g/mol. The van der Waals surface area contributed by atoms with E-state index < -0.39 is 0 Å². The molecule has 4 N–H and O–H groups in total. The van der Waals surface area contributed by atoms with Gasteiger partial charge in [-0.05, 0) is 37.1 Å². The first kappa shape index (κ1) is 20.7. The van der Waals surface area contributed by atoms with Crippen molar-refractivity contribution in [2.75, 3.05) is 33.4 Å². The topological polar surface area (TPSA) is 92.1 Å². The van der Waals surface area contributed by atoms with E-state index in [9.17, 15) is 4.79 Å². The van der Waals surface area contributed by atoms with E-state index in [0.29, 0.717) is 13.2 Å². The van der Waals surface area contributed by atoms with Gasteiger partial charge >= 0.3 is 0 Å². The third-order valence-electron chi connectivity index (χ3n) is 6.09. The monoisotopic (exact) mass is 403 g/mol. The van der Waals surface area contributed by atoms with Gasteiger partial charge in [0.1, 0.15) is 12.2 Å². The van der Waals surface area contributed by atoms with Crippen LogP contribution in [0.15, 0.2) is 24.3 Å². The van der Waals surface area contributed by atoms with Gasteiger partial charge in [0.15, 0.2) is 0 Å². The third-order valence-corrected chi connectivity index (χ3v) is 6.09. The molecule has 1 aromatic carbocycles. The molecule has 4 rings (SSSR count). The molecule has 3 fully saturated rings. The second-order valence-corrected chi connectivity index (χ2v) is 8.47. The largest absolute Gasteiger partial charge is 0.371 e. The van der Waals surface area contributed by atoms with Crippen LogP contribution in [-0.2, 0) is 20.8 Å². The number of carbonyl (C=O) groups is 1. The number of ether oxygens (including phenoxy) is 2. The Morgan fingerprint density at radius 1 is 1.24 bits per heavy atom. The smallest absolute Gasteiger partial charge is 0.217 e. The molecule has 29 heavy (non-hydrogen) atoms. The Labute approximate surface area is 172 Å². The van der Waals surface area contributed by atoms with Crippen LogP contribution in [0.2, 0.25) is 0 Å². The summed E-state index contributed by atoms with van der Waals surface area (Å²) in [4.78, 5) is 13.9. The Morgan fingerprint density at radius 3 is 2.62 bits per heavy atom. The number of fused-ring (bicyclic) bond motifs is 1. The summed E-state index contributed by atoms with van der Waals surface area (Å²) in [6.45, 7) is 5.86. The molecule has 1 amide bonds. The molecule has 3 saturated heterocycles. The number of amides is 1. The molecular weight excluding hydrogens is 370 g/mol. The van der Waals surface area contributed by atoms with Crippen molar-refractivity contribution in [1.82, 2.24) is 20.5 Å². The number of nitrogens with zero attached hydrogens (tertiary/aromatic N) is 2. The minimum absolute atomic E-state index is 0.0111. The highest BCUT2D eigenvalue weighted by molar-refractivity contribution is 5.73. The van der Waals surface area contributed by atoms with Gasteiger partial charge in [0.2, 0.25) is 5.91 Å². The van der Waals surface area contributed by atoms with Crippen LogP contribution in [0.3, 0.4) is 0 Å². The van der Waals surface area contributed by atoms with Crippen LogP contribution < -0.4 is 16.5 Å². The third kappa shape index (κ3) is 4.79. The van der Waals surface area contributed by atoms with E-state index in [1.54, 1.807) is 5.01 Å². The van der Waals surface area contributed by atoms with Crippen LogP contribution in [0.4, 0.5) is 0 Å². The molecule has 8 heteroatoms. The van der Waals surface area contributed by atoms with E-state index in [1.165, 1.54) is 38.4 Å². The van der Waals surface area contributed by atoms with E-state index in [0.717, 1.165) is 12.1 Å². The van der Waals surface area contributed by atoms with E-state index in [4.69, 9.17) is 15.3 Å². The van der Waals surface area contributed by atoms with Crippen LogP contribution >= 0.6 is 0 Å². The van der Waals surface area contributed by atoms with Gasteiger partial charge in [-0.3, -0.25) is 20.9 Å². The Hall–Kier alpha value is -1.55. The van der Waals surface area contributed by atoms with Crippen molar-refractivity contribution in [2.45, 2.75) is 56.8 Å². The van der Waals surface area contributed by atoms with E-state index in [-0.39, 0.29) is 36.4 Å². The first-order valence-corrected chi connectivity index (χ1v) is 10.6. The molecule has 3 aliphatic rings. The average Bonchev–Trinajstić information content (AvgIpc) is 3.39. The van der Waals surface area contributed by atoms with Gasteiger partial charge in [0, 0.05) is 20.5 Å². The van der Waals surface area contributed by atoms with Crippen molar-refractivity contribution in [3.8, 4) is 0 Å². The summed E-state index contributed by atoms with van der Waals surface area (Å²) in [7, 11) is 1.87. The fourth-order valence-electron chi connectivity index (χ4n) is 4.74. The highest BCUT2D eigenvalue weighted by Crippen LogP contribution is 2.29. The zero-order chi connectivity index (χ0) is 20.4. The summed E-state index contributed by atoms with van der Waals surface area (Å²) in [5.41, 5.74) is 2.44. The SMILES string of the molecule is CC(=O)NC1COC2C(NC(c3cccc(CN4CCCC4)c3)N(C)N)COC12. The van der Waals surface area contributed by atoms with Crippen LogP contribution in [0.1, 0.15) is 37.1 Å². The van der Waals surface area contributed by atoms with Gasteiger partial charge in [-0.1, -0.05) is 24.3 Å². The van der Waals surface area contributed by atoms with Crippen LogP contribution in [-0.4, -0.2) is 73.5 Å². The predicted octanol–water partition coefficient (Wildman–Crippen LogP) is 0.347. The highest BCUT2D eigenvalue weighted by atomic mass is 16.6. The summed E-state index contributed by atoms with van der Waals surface area (Å²) in [5, 5.41) is 8.25. The standard InChI is InChI=1S/C21H33N5O3/c1-14(27)23-17-12-28-20-18(13-29-19(17)20)24-21(25(2)22)16-7-5-6-15(10-16)11-26-8-3-4-9-26/h5-7,10,17-21,24H,3-4,8-9,11-13,22H2,1-2H3,(H,23,27). The lowest BCUT2D eigenvalue weighted by Crippen LogP contribution is -2.50. The molecule has 5 atom stereocenters. The lowest BCUT2D eigenvalue weighted by Gasteiger charge is -2.30. The molecule has 3 aliphatic heterocycles. The fourth-order valence-corrected chi connectivity index (χ4v) is 4.74. The summed E-state index contributed by atoms with van der Waals surface area (Å²) in [6.07, 6.45) is 2.21. The summed E-state index contributed by atoms with van der Waals surface area (Å²) >= 11 is 0. The molecule has 0 radical (unpaired) electrons. The number of carbonyl (C=O) groups excluding carboxylic acids is 1. The minimum Gasteiger partial charge on any atom is -0.371 e. The second-order valence-electron chi connectivity index (χ2n) is 8.47. The van der Waals surface area contributed by atoms with Crippen molar-refractivity contribution < 1.29 is 14.3 Å². The fraction of sp³-hybridized carbons (Fsp3) is 0.667. The van der Waals surface area contributed by atoms with Crippen molar-refractivity contribution in [2.24, 2.45) is 5.84 Å². The van der Waals surface area contributed by atoms with Crippen LogP contribution in [0, 0.1) is 0 Å². The summed E-state index contributed by atoms with van der Waals surface area (Å²) < 4.78 is 11.9. The number of hydrogen-bond acceptors (Lipinski definition) is 7. The molecule has 5 unspecified atom stereocenters. The number of nitrogens with one attached hydrogen (secondary N) is 2. The molecule has 0 saturated carbocycles. The van der Waals surface area contributed by atoms with Crippen LogP contribution in [0.5, 0.6) is 0 Å². The number of nitrogens with two attached hydrogens (primary N) is 1. The lowest BCUT2D eigenvalue weighted by molar-refractivity contribution is -0.120. The Morgan fingerprint density at radius 2 is 1.93 bits per heavy atom. The molecule has 0 aliphatic carbocycles. The van der Waals surface area contributed by atoms with Gasteiger partial charge in [0.05, 0.1) is 31.5 Å². The zero-order valence-electron chi connectivity index (χ0n) is 17.3. The number of likely N-dealkylation sites (tertiary alicyclic amines) is 1. The molecule has 8 nitrogen and oxygen atoms in total. The lowest BCUT2D eigenvalue weighted by atomic mass is 10.0. The summed E-state index contributed by atoms with van der Waals surface area (Å²) in [5.74, 6) is 6.15. The molecule has 0 aromatic heterocycles. The number of hydrazine groups is 1. The molecule has 0 bridgehead atoms. The number of benzene rings is 1. The Bertz CT molecular complexity index is 709. The molecule has 0 spiro atoms. The first-order valence-electron chi connectivity index (χ1n) is 10.6. The maximum Gasteiger partial charge on any atom is 0.217 e. The highest BCUT2D eigenvalue weighted by Gasteiger charge is 2.48. The van der Waals surface area contributed by atoms with Crippen molar-refractivity contribution in [1.29, 1.82) is 0 Å². The molecular formula is C21H33N5O3. The predicted molar refractivity (Wildman–Crippen MR) is 110 cm³/mol.